The van der Waals surface area contributed by atoms with Crippen molar-refractivity contribution in [3.05, 3.63) is 23.9 Å². The Balaban J connectivity index is 1.83. The average molecular weight is 445 g/mol. The van der Waals surface area contributed by atoms with Gasteiger partial charge in [0.05, 0.1) is 0 Å². The second-order valence-corrected chi connectivity index (χ2v) is 10.2. The Morgan fingerprint density at radius 1 is 1.06 bits per heavy atom. The zero-order valence-electron chi connectivity index (χ0n) is 19.6. The van der Waals surface area contributed by atoms with Gasteiger partial charge in [0.25, 0.3) is 5.91 Å². The number of nitrogens with two attached hydrogens (primary N) is 1. The van der Waals surface area contributed by atoms with Crippen LogP contribution in [0.1, 0.15) is 83.6 Å². The molecule has 0 unspecified atom stereocenters. The van der Waals surface area contributed by atoms with Gasteiger partial charge in [0.2, 0.25) is 5.91 Å². The Hall–Kier alpha value is -2.15. The lowest BCUT2D eigenvalue weighted by Crippen LogP contribution is -2.58. The number of anilines is 1. The average Bonchev–Trinajstić information content (AvgIpc) is 2.79. The van der Waals surface area contributed by atoms with Gasteiger partial charge in [-0.25, -0.2) is 4.98 Å². The van der Waals surface area contributed by atoms with Gasteiger partial charge in [-0.3, -0.25) is 9.59 Å². The van der Waals surface area contributed by atoms with Gasteiger partial charge >= 0.3 is 0 Å². The highest BCUT2D eigenvalue weighted by atomic mass is 16.3. The van der Waals surface area contributed by atoms with Crippen LogP contribution in [0.2, 0.25) is 0 Å². The number of aromatic nitrogens is 1. The number of nitrogen functional groups attached to an aromatic ring is 1. The molecule has 0 aromatic carbocycles. The van der Waals surface area contributed by atoms with Gasteiger partial charge in [0.1, 0.15) is 17.5 Å². The molecule has 0 aliphatic heterocycles. The smallest absolute Gasteiger partial charge is 0.252 e. The monoisotopic (exact) mass is 444 g/mol. The van der Waals surface area contributed by atoms with Crippen molar-refractivity contribution in [2.75, 3.05) is 5.73 Å². The highest BCUT2D eigenvalue weighted by Crippen LogP contribution is 2.42. The molecule has 3 rings (SSSR count). The first kappa shape index (κ1) is 24.5. The number of amides is 2. The minimum atomic E-state index is -1.54. The number of hydrogen-bond acceptors (Lipinski definition) is 5. The summed E-state index contributed by atoms with van der Waals surface area (Å²) in [6.07, 6.45) is 13.3. The third-order valence-electron chi connectivity index (χ3n) is 7.21. The van der Waals surface area contributed by atoms with Crippen molar-refractivity contribution in [2.24, 2.45) is 17.8 Å². The predicted molar refractivity (Wildman–Crippen MR) is 125 cm³/mol. The van der Waals surface area contributed by atoms with Crippen LogP contribution < -0.4 is 16.4 Å². The van der Waals surface area contributed by atoms with Crippen molar-refractivity contribution >= 4 is 17.6 Å². The largest absolute Gasteiger partial charge is 0.384 e. The van der Waals surface area contributed by atoms with E-state index in [0.717, 1.165) is 31.2 Å². The number of rotatable bonds is 8. The molecular weight excluding hydrogens is 404 g/mol. The molecule has 1 heterocycles. The van der Waals surface area contributed by atoms with E-state index in [1.54, 1.807) is 12.3 Å². The Morgan fingerprint density at radius 3 is 2.09 bits per heavy atom. The number of nitrogens with zero attached hydrogens (tertiary/aromatic N) is 1. The molecule has 0 bridgehead atoms. The van der Waals surface area contributed by atoms with E-state index < -0.39 is 17.6 Å². The first-order valence-corrected chi connectivity index (χ1v) is 12.3. The lowest BCUT2D eigenvalue weighted by molar-refractivity contribution is -0.141. The van der Waals surface area contributed by atoms with Crippen molar-refractivity contribution in [3.63, 3.8) is 0 Å². The maximum absolute atomic E-state index is 13.5. The molecule has 2 saturated carbocycles. The van der Waals surface area contributed by atoms with Gasteiger partial charge in [-0.1, -0.05) is 70.3 Å². The summed E-state index contributed by atoms with van der Waals surface area (Å²) in [6, 6.07) is 2.90. The third kappa shape index (κ3) is 6.67. The molecule has 32 heavy (non-hydrogen) atoms. The molecule has 7 heteroatoms. The Labute approximate surface area is 191 Å². The quantitative estimate of drug-likeness (QED) is 0.491. The summed E-state index contributed by atoms with van der Waals surface area (Å²) in [5.41, 5.74) is 4.98. The van der Waals surface area contributed by atoms with Gasteiger partial charge in [-0.15, -0.1) is 0 Å². The van der Waals surface area contributed by atoms with Crippen molar-refractivity contribution < 1.29 is 14.7 Å². The molecule has 178 valence electrons. The second-order valence-electron chi connectivity index (χ2n) is 10.2. The van der Waals surface area contributed by atoms with E-state index in [1.807, 2.05) is 6.07 Å². The molecule has 2 aliphatic rings. The lowest BCUT2D eigenvalue weighted by atomic mass is 9.66. The number of pyridine rings is 1. The summed E-state index contributed by atoms with van der Waals surface area (Å²) in [6.45, 7) is 3.25. The van der Waals surface area contributed by atoms with Gasteiger partial charge in [-0.05, 0) is 43.2 Å². The van der Waals surface area contributed by atoms with Crippen molar-refractivity contribution in [1.82, 2.24) is 15.6 Å². The zero-order chi connectivity index (χ0) is 23.1. The van der Waals surface area contributed by atoms with Gasteiger partial charge < -0.3 is 21.5 Å². The van der Waals surface area contributed by atoms with E-state index >= 15 is 0 Å². The summed E-state index contributed by atoms with van der Waals surface area (Å²) in [5.74, 6) is 0.686. The molecule has 1 aromatic heterocycles. The van der Waals surface area contributed by atoms with Crippen molar-refractivity contribution in [2.45, 2.75) is 96.2 Å². The van der Waals surface area contributed by atoms with Crippen LogP contribution in [0.25, 0.3) is 0 Å². The molecule has 7 nitrogen and oxygen atoms in total. The van der Waals surface area contributed by atoms with Crippen LogP contribution in [0.15, 0.2) is 18.3 Å². The molecule has 1 aromatic rings. The molecule has 2 amide bonds. The lowest BCUT2D eigenvalue weighted by Gasteiger charge is -2.42. The highest BCUT2D eigenvalue weighted by molar-refractivity contribution is 5.91. The molecule has 2 aliphatic carbocycles. The maximum Gasteiger partial charge on any atom is 0.252 e. The standard InChI is InChI=1S/C25H40N4O3/c1-25(2,32)24(31)29-22(23(30)28-16-17-13-14-20(26)27-15-17)21(18-9-5-3-6-10-18)19-11-7-4-8-12-19/h13-15,18-19,21-22,32H,3-12,16H2,1-2H3,(H2,26,27)(H,28,30)(H,29,31)/t22-/m1/s1. The van der Waals surface area contributed by atoms with Gasteiger partial charge in [0, 0.05) is 12.7 Å². The summed E-state index contributed by atoms with van der Waals surface area (Å²) < 4.78 is 0. The highest BCUT2D eigenvalue weighted by Gasteiger charge is 2.42. The van der Waals surface area contributed by atoms with Gasteiger partial charge in [-0.2, -0.15) is 0 Å². The van der Waals surface area contributed by atoms with Crippen LogP contribution in [0, 0.1) is 17.8 Å². The van der Waals surface area contributed by atoms with Crippen LogP contribution in [-0.2, 0) is 16.1 Å². The van der Waals surface area contributed by atoms with E-state index in [0.29, 0.717) is 24.2 Å². The first-order chi connectivity index (χ1) is 15.3. The molecule has 5 N–H and O–H groups in total. The fourth-order valence-electron chi connectivity index (χ4n) is 5.46. The number of carbonyl (C=O) groups is 2. The number of carbonyl (C=O) groups excluding carboxylic acids is 2. The number of aliphatic hydroxyl groups is 1. The van der Waals surface area contributed by atoms with Crippen LogP contribution in [0.3, 0.4) is 0 Å². The summed E-state index contributed by atoms with van der Waals surface area (Å²) in [5, 5.41) is 16.3. The van der Waals surface area contributed by atoms with E-state index in [9.17, 15) is 14.7 Å². The van der Waals surface area contributed by atoms with Crippen LogP contribution in [-0.4, -0.2) is 33.5 Å². The number of nitrogens with one attached hydrogen (secondary N) is 2. The molecular formula is C25H40N4O3. The molecule has 1 atom stereocenters. The van der Waals surface area contributed by atoms with Gasteiger partial charge in [0.15, 0.2) is 0 Å². The minimum Gasteiger partial charge on any atom is -0.384 e. The Morgan fingerprint density at radius 2 is 1.62 bits per heavy atom. The van der Waals surface area contributed by atoms with E-state index in [2.05, 4.69) is 15.6 Å². The Kier molecular flexibility index (Phi) is 8.51. The second kappa shape index (κ2) is 11.1. The maximum atomic E-state index is 13.5. The van der Waals surface area contributed by atoms with Crippen LogP contribution in [0.5, 0.6) is 0 Å². The Bertz CT molecular complexity index is 729. The molecule has 0 saturated heterocycles. The van der Waals surface area contributed by atoms with Crippen LogP contribution >= 0.6 is 0 Å². The molecule has 0 spiro atoms. The SMILES string of the molecule is CC(C)(O)C(=O)N[C@@H](C(=O)NCc1ccc(N)nc1)C(C1CCCCC1)C1CCCCC1. The fourth-order valence-corrected chi connectivity index (χ4v) is 5.46. The fraction of sp³-hybridized carbons (Fsp3) is 0.720. The van der Waals surface area contributed by atoms with E-state index in [1.165, 1.54) is 52.4 Å². The third-order valence-corrected chi connectivity index (χ3v) is 7.21. The van der Waals surface area contributed by atoms with E-state index in [4.69, 9.17) is 5.73 Å². The number of hydrogen-bond donors (Lipinski definition) is 4. The molecule has 2 fully saturated rings. The molecule has 0 radical (unpaired) electrons. The van der Waals surface area contributed by atoms with Crippen molar-refractivity contribution in [3.8, 4) is 0 Å². The van der Waals surface area contributed by atoms with Crippen LogP contribution in [0.4, 0.5) is 5.82 Å². The predicted octanol–water partition coefficient (Wildman–Crippen LogP) is 3.31. The zero-order valence-corrected chi connectivity index (χ0v) is 19.6. The summed E-state index contributed by atoms with van der Waals surface area (Å²) >= 11 is 0. The van der Waals surface area contributed by atoms with E-state index in [-0.39, 0.29) is 11.8 Å². The normalized spacial score (nSPS) is 19.5. The summed E-state index contributed by atoms with van der Waals surface area (Å²) in [7, 11) is 0. The first-order valence-electron chi connectivity index (χ1n) is 12.3. The summed E-state index contributed by atoms with van der Waals surface area (Å²) in [4.78, 5) is 30.4. The topological polar surface area (TPSA) is 117 Å². The van der Waals surface area contributed by atoms with Crippen molar-refractivity contribution in [1.29, 1.82) is 0 Å². The minimum absolute atomic E-state index is 0.0893.